The van der Waals surface area contributed by atoms with E-state index in [1.807, 2.05) is 45.9 Å². The topological polar surface area (TPSA) is 114 Å². The van der Waals surface area contributed by atoms with Gasteiger partial charge in [-0.25, -0.2) is 4.79 Å². The van der Waals surface area contributed by atoms with E-state index in [-0.39, 0.29) is 43.3 Å². The first-order valence-corrected chi connectivity index (χ1v) is 13.6. The summed E-state index contributed by atoms with van der Waals surface area (Å²) in [6.07, 6.45) is 1.29. The van der Waals surface area contributed by atoms with Gasteiger partial charge in [0.2, 0.25) is 11.8 Å². The van der Waals surface area contributed by atoms with E-state index in [0.29, 0.717) is 12.0 Å². The number of ether oxygens (including phenoxy) is 2. The Bertz CT molecular complexity index is 997. The lowest BCUT2D eigenvalue weighted by atomic mass is 9.95. The Kier molecular flexibility index (Phi) is 11.2. The average Bonchev–Trinajstić information content (AvgIpc) is 3.60. The predicted octanol–water partition coefficient (Wildman–Crippen LogP) is 4.34. The minimum Gasteiger partial charge on any atom is -0.466 e. The van der Waals surface area contributed by atoms with Gasteiger partial charge in [0.05, 0.1) is 13.0 Å². The van der Waals surface area contributed by atoms with Gasteiger partial charge in [-0.05, 0) is 77.8 Å². The standard InChI is InChI=1S/C29H45N3O6/c1-9-37-24(33)14-15-30-26(34)25(22-13-10-19(4)17-20(22)5)32(21-11-12-21)27(35)23(16-18(2)3)31-28(36)38-29(6,7)8/h10,13,17-18,21,23,25H,9,11-12,14-16H2,1-8H3,(H,30,34)(H,31,36). The Morgan fingerprint density at radius 2 is 1.76 bits per heavy atom. The molecule has 1 fully saturated rings. The van der Waals surface area contributed by atoms with Gasteiger partial charge >= 0.3 is 12.1 Å². The van der Waals surface area contributed by atoms with E-state index in [2.05, 4.69) is 10.6 Å². The Morgan fingerprint density at radius 3 is 2.29 bits per heavy atom. The van der Waals surface area contributed by atoms with E-state index >= 15 is 0 Å². The smallest absolute Gasteiger partial charge is 0.408 e. The number of nitrogens with zero attached hydrogens (tertiary/aromatic N) is 1. The van der Waals surface area contributed by atoms with Gasteiger partial charge < -0.3 is 25.0 Å². The number of hydrogen-bond acceptors (Lipinski definition) is 6. The van der Waals surface area contributed by atoms with Gasteiger partial charge in [-0.15, -0.1) is 0 Å². The van der Waals surface area contributed by atoms with Crippen molar-refractivity contribution in [2.45, 2.75) is 105 Å². The second kappa shape index (κ2) is 13.6. The van der Waals surface area contributed by atoms with Crippen molar-refractivity contribution in [3.05, 3.63) is 34.9 Å². The highest BCUT2D eigenvalue weighted by molar-refractivity contribution is 5.93. The number of alkyl carbamates (subject to hydrolysis) is 1. The van der Waals surface area contributed by atoms with Crippen molar-refractivity contribution in [3.8, 4) is 0 Å². The molecular weight excluding hydrogens is 486 g/mol. The zero-order valence-corrected chi connectivity index (χ0v) is 24.2. The molecule has 1 aromatic carbocycles. The van der Waals surface area contributed by atoms with Crippen molar-refractivity contribution in [3.63, 3.8) is 0 Å². The van der Waals surface area contributed by atoms with Gasteiger partial charge in [-0.3, -0.25) is 14.4 Å². The highest BCUT2D eigenvalue weighted by atomic mass is 16.6. The Hall–Kier alpha value is -3.10. The monoisotopic (exact) mass is 531 g/mol. The minimum absolute atomic E-state index is 0.0345. The molecule has 38 heavy (non-hydrogen) atoms. The molecule has 2 rings (SSSR count). The molecule has 0 heterocycles. The zero-order valence-electron chi connectivity index (χ0n) is 24.2. The van der Waals surface area contributed by atoms with Crippen molar-refractivity contribution in [1.82, 2.24) is 15.5 Å². The van der Waals surface area contributed by atoms with Gasteiger partial charge in [-0.1, -0.05) is 37.6 Å². The van der Waals surface area contributed by atoms with E-state index in [1.54, 1.807) is 32.6 Å². The lowest BCUT2D eigenvalue weighted by Gasteiger charge is -2.35. The number of hydrogen-bond donors (Lipinski definition) is 2. The fourth-order valence-electron chi connectivity index (χ4n) is 4.36. The first-order chi connectivity index (χ1) is 17.7. The largest absolute Gasteiger partial charge is 0.466 e. The number of esters is 1. The number of aryl methyl sites for hydroxylation is 2. The van der Waals surface area contributed by atoms with Gasteiger partial charge in [0.15, 0.2) is 0 Å². The van der Waals surface area contributed by atoms with Crippen LogP contribution in [0.2, 0.25) is 0 Å². The third kappa shape index (κ3) is 9.65. The fraction of sp³-hybridized carbons (Fsp3) is 0.655. The number of rotatable bonds is 12. The summed E-state index contributed by atoms with van der Waals surface area (Å²) in [4.78, 5) is 53.9. The maximum absolute atomic E-state index is 14.1. The molecule has 1 aliphatic rings. The Labute approximate surface area is 227 Å². The van der Waals surface area contributed by atoms with Crippen LogP contribution in [0, 0.1) is 19.8 Å². The van der Waals surface area contributed by atoms with Crippen LogP contribution >= 0.6 is 0 Å². The summed E-state index contributed by atoms with van der Waals surface area (Å²) in [7, 11) is 0. The molecule has 0 aliphatic heterocycles. The second-order valence-corrected chi connectivity index (χ2v) is 11.4. The van der Waals surface area contributed by atoms with Crippen molar-refractivity contribution >= 4 is 23.9 Å². The summed E-state index contributed by atoms with van der Waals surface area (Å²) in [6.45, 7) is 15.2. The third-order valence-electron chi connectivity index (χ3n) is 6.07. The molecule has 212 valence electrons. The molecule has 0 radical (unpaired) electrons. The summed E-state index contributed by atoms with van der Waals surface area (Å²) < 4.78 is 10.4. The van der Waals surface area contributed by atoms with Crippen LogP contribution in [0.15, 0.2) is 18.2 Å². The van der Waals surface area contributed by atoms with E-state index in [4.69, 9.17) is 9.47 Å². The molecule has 2 atom stereocenters. The van der Waals surface area contributed by atoms with Crippen LogP contribution in [0.3, 0.4) is 0 Å². The maximum Gasteiger partial charge on any atom is 0.408 e. The molecule has 1 aliphatic carbocycles. The molecule has 9 heteroatoms. The average molecular weight is 532 g/mol. The first kappa shape index (κ1) is 31.1. The minimum atomic E-state index is -0.909. The van der Waals surface area contributed by atoms with Gasteiger partial charge in [0.25, 0.3) is 0 Å². The van der Waals surface area contributed by atoms with E-state index < -0.39 is 29.7 Å². The van der Waals surface area contributed by atoms with Crippen LogP contribution in [0.1, 0.15) is 90.0 Å². The van der Waals surface area contributed by atoms with Crippen molar-refractivity contribution in [2.75, 3.05) is 13.2 Å². The molecule has 3 amide bonds. The van der Waals surface area contributed by atoms with Gasteiger partial charge in [0.1, 0.15) is 17.7 Å². The molecule has 9 nitrogen and oxygen atoms in total. The highest BCUT2D eigenvalue weighted by Gasteiger charge is 2.44. The molecule has 0 spiro atoms. The maximum atomic E-state index is 14.1. The number of amides is 3. The second-order valence-electron chi connectivity index (χ2n) is 11.4. The zero-order chi connectivity index (χ0) is 28.6. The first-order valence-electron chi connectivity index (χ1n) is 13.6. The molecule has 0 aromatic heterocycles. The Morgan fingerprint density at radius 1 is 1.11 bits per heavy atom. The third-order valence-corrected chi connectivity index (χ3v) is 6.07. The molecule has 0 saturated heterocycles. The lowest BCUT2D eigenvalue weighted by Crippen LogP contribution is -2.54. The van der Waals surface area contributed by atoms with Crippen LogP contribution in [-0.4, -0.2) is 59.6 Å². The lowest BCUT2D eigenvalue weighted by molar-refractivity contribution is -0.145. The number of carbonyl (C=O) groups excluding carboxylic acids is 4. The van der Waals surface area contributed by atoms with Crippen LogP contribution < -0.4 is 10.6 Å². The van der Waals surface area contributed by atoms with Crippen molar-refractivity contribution < 1.29 is 28.7 Å². The SMILES string of the molecule is CCOC(=O)CCNC(=O)C(c1ccc(C)cc1C)N(C(=O)C(CC(C)C)NC(=O)OC(C)(C)C)C1CC1. The predicted molar refractivity (Wildman–Crippen MR) is 145 cm³/mol. The van der Waals surface area contributed by atoms with Crippen LogP contribution in [0.5, 0.6) is 0 Å². The number of nitrogens with one attached hydrogen (secondary N) is 2. The van der Waals surface area contributed by atoms with Crippen LogP contribution in [0.4, 0.5) is 4.79 Å². The summed E-state index contributed by atoms with van der Waals surface area (Å²) in [6, 6.07) is 3.88. The van der Waals surface area contributed by atoms with Crippen molar-refractivity contribution in [2.24, 2.45) is 5.92 Å². The Balaban J connectivity index is 2.42. The summed E-state index contributed by atoms with van der Waals surface area (Å²) in [5, 5.41) is 5.60. The highest BCUT2D eigenvalue weighted by Crippen LogP contribution is 2.37. The fourth-order valence-corrected chi connectivity index (χ4v) is 4.36. The van der Waals surface area contributed by atoms with Gasteiger partial charge in [-0.2, -0.15) is 0 Å². The van der Waals surface area contributed by atoms with E-state index in [1.165, 1.54) is 0 Å². The molecule has 1 aromatic rings. The summed E-state index contributed by atoms with van der Waals surface area (Å²) >= 11 is 0. The molecular formula is C29H45N3O6. The molecule has 2 N–H and O–H groups in total. The van der Waals surface area contributed by atoms with Crippen molar-refractivity contribution in [1.29, 1.82) is 0 Å². The quantitative estimate of drug-likeness (QED) is 0.388. The summed E-state index contributed by atoms with van der Waals surface area (Å²) in [5.74, 6) is -0.984. The molecule has 0 bridgehead atoms. The van der Waals surface area contributed by atoms with Gasteiger partial charge in [0, 0.05) is 12.6 Å². The summed E-state index contributed by atoms with van der Waals surface area (Å²) in [5.41, 5.74) is 1.92. The normalized spacial score (nSPS) is 14.9. The number of benzene rings is 1. The van der Waals surface area contributed by atoms with Crippen LogP contribution in [0.25, 0.3) is 0 Å². The van der Waals surface area contributed by atoms with E-state index in [9.17, 15) is 19.2 Å². The van der Waals surface area contributed by atoms with E-state index in [0.717, 1.165) is 24.0 Å². The van der Waals surface area contributed by atoms with Crippen LogP contribution in [-0.2, 0) is 23.9 Å². The number of carbonyl (C=O) groups is 4. The molecule has 1 saturated carbocycles. The molecule has 2 unspecified atom stereocenters.